The van der Waals surface area contributed by atoms with Crippen molar-refractivity contribution >= 4 is 11.5 Å². The molecular formula is C17H23N3. The number of likely N-dealkylation sites (N-methyl/N-ethyl adjacent to an activating group) is 1. The molecule has 0 aliphatic carbocycles. The molecule has 1 N–H and O–H groups in total. The van der Waals surface area contributed by atoms with Crippen molar-refractivity contribution in [3.05, 3.63) is 54.2 Å². The predicted octanol–water partition coefficient (Wildman–Crippen LogP) is 3.58. The van der Waals surface area contributed by atoms with Crippen LogP contribution in [0.2, 0.25) is 0 Å². The van der Waals surface area contributed by atoms with Gasteiger partial charge in [0.05, 0.1) is 0 Å². The molecule has 2 aromatic rings. The fourth-order valence-corrected chi connectivity index (χ4v) is 2.08. The number of hydrogen-bond donors (Lipinski definition) is 1. The van der Waals surface area contributed by atoms with Gasteiger partial charge in [-0.05, 0) is 24.5 Å². The molecule has 0 fully saturated rings. The Hall–Kier alpha value is -2.03. The number of anilines is 2. The normalized spacial score (nSPS) is 10.3. The van der Waals surface area contributed by atoms with Crippen LogP contribution in [0.4, 0.5) is 11.5 Å². The van der Waals surface area contributed by atoms with Crippen molar-refractivity contribution in [1.82, 2.24) is 4.98 Å². The van der Waals surface area contributed by atoms with E-state index in [2.05, 4.69) is 71.6 Å². The highest BCUT2D eigenvalue weighted by molar-refractivity contribution is 5.53. The Morgan fingerprint density at radius 3 is 2.70 bits per heavy atom. The van der Waals surface area contributed by atoms with Crippen LogP contribution in [0.3, 0.4) is 0 Å². The third-order valence-electron chi connectivity index (χ3n) is 3.32. The number of benzene rings is 1. The highest BCUT2D eigenvalue weighted by Gasteiger charge is 2.03. The predicted molar refractivity (Wildman–Crippen MR) is 86.4 cm³/mol. The van der Waals surface area contributed by atoms with E-state index in [1.54, 1.807) is 0 Å². The number of hydrogen-bond acceptors (Lipinski definition) is 3. The molecule has 1 aromatic carbocycles. The van der Waals surface area contributed by atoms with Crippen LogP contribution in [0.1, 0.15) is 18.9 Å². The summed E-state index contributed by atoms with van der Waals surface area (Å²) in [5.41, 5.74) is 2.58. The summed E-state index contributed by atoms with van der Waals surface area (Å²) in [6.45, 7) is 4.12. The highest BCUT2D eigenvalue weighted by Crippen LogP contribution is 2.16. The molecule has 0 bridgehead atoms. The van der Waals surface area contributed by atoms with Crippen molar-refractivity contribution in [2.24, 2.45) is 0 Å². The Labute approximate surface area is 121 Å². The number of pyridine rings is 1. The molecule has 0 aliphatic heterocycles. The molecule has 0 saturated carbocycles. The molecule has 0 radical (unpaired) electrons. The van der Waals surface area contributed by atoms with Gasteiger partial charge in [0, 0.05) is 38.1 Å². The summed E-state index contributed by atoms with van der Waals surface area (Å²) in [6, 6.07) is 14.8. The Kier molecular flexibility index (Phi) is 5.42. The summed E-state index contributed by atoms with van der Waals surface area (Å²) in [7, 11) is 2.13. The van der Waals surface area contributed by atoms with Gasteiger partial charge in [-0.15, -0.1) is 0 Å². The monoisotopic (exact) mass is 269 g/mol. The summed E-state index contributed by atoms with van der Waals surface area (Å²) in [6.07, 6.45) is 4.03. The lowest BCUT2D eigenvalue weighted by atomic mass is 10.1. The summed E-state index contributed by atoms with van der Waals surface area (Å²) < 4.78 is 0. The lowest BCUT2D eigenvalue weighted by Gasteiger charge is -2.20. The van der Waals surface area contributed by atoms with Gasteiger partial charge in [0.2, 0.25) is 0 Å². The smallest absolute Gasteiger partial charge is 0.127 e. The molecule has 0 atom stereocenters. The van der Waals surface area contributed by atoms with Gasteiger partial charge in [-0.25, -0.2) is 4.98 Å². The molecule has 20 heavy (non-hydrogen) atoms. The Morgan fingerprint density at radius 2 is 1.95 bits per heavy atom. The third-order valence-corrected chi connectivity index (χ3v) is 3.32. The molecule has 3 nitrogen and oxygen atoms in total. The van der Waals surface area contributed by atoms with E-state index in [0.717, 1.165) is 31.7 Å². The van der Waals surface area contributed by atoms with Gasteiger partial charge in [0.25, 0.3) is 0 Å². The van der Waals surface area contributed by atoms with Crippen molar-refractivity contribution in [3.8, 4) is 0 Å². The fourth-order valence-electron chi connectivity index (χ4n) is 2.08. The van der Waals surface area contributed by atoms with E-state index in [0.29, 0.717) is 0 Å². The molecule has 0 spiro atoms. The Morgan fingerprint density at radius 1 is 1.15 bits per heavy atom. The van der Waals surface area contributed by atoms with Gasteiger partial charge in [0.1, 0.15) is 5.82 Å². The van der Waals surface area contributed by atoms with E-state index in [1.807, 2.05) is 6.20 Å². The average Bonchev–Trinajstić information content (AvgIpc) is 2.52. The van der Waals surface area contributed by atoms with Crippen LogP contribution in [0, 0.1) is 0 Å². The summed E-state index contributed by atoms with van der Waals surface area (Å²) in [5, 5.41) is 3.33. The molecule has 3 heteroatoms. The second-order valence-electron chi connectivity index (χ2n) is 4.98. The maximum Gasteiger partial charge on any atom is 0.127 e. The molecule has 0 unspecified atom stereocenters. The second kappa shape index (κ2) is 7.53. The van der Waals surface area contributed by atoms with Gasteiger partial charge < -0.3 is 10.2 Å². The zero-order valence-corrected chi connectivity index (χ0v) is 12.3. The van der Waals surface area contributed by atoms with Crippen molar-refractivity contribution in [1.29, 1.82) is 0 Å². The first-order valence-corrected chi connectivity index (χ1v) is 7.24. The van der Waals surface area contributed by atoms with Crippen LogP contribution in [0.15, 0.2) is 48.7 Å². The Balaban J connectivity index is 1.93. The number of aromatic nitrogens is 1. The molecule has 2 rings (SSSR count). The fraction of sp³-hybridized carbons (Fsp3) is 0.353. The molecule has 1 aromatic heterocycles. The number of nitrogens with zero attached hydrogens (tertiary/aromatic N) is 2. The first-order chi connectivity index (χ1) is 9.79. The maximum absolute atomic E-state index is 4.34. The van der Waals surface area contributed by atoms with Crippen molar-refractivity contribution in [3.63, 3.8) is 0 Å². The van der Waals surface area contributed by atoms with Gasteiger partial charge in [-0.3, -0.25) is 0 Å². The summed E-state index contributed by atoms with van der Waals surface area (Å²) in [5.74, 6) is 0.955. The highest BCUT2D eigenvalue weighted by atomic mass is 15.1. The van der Waals surface area contributed by atoms with Crippen molar-refractivity contribution < 1.29 is 0 Å². The average molecular weight is 269 g/mol. The summed E-state index contributed by atoms with van der Waals surface area (Å²) in [4.78, 5) is 6.61. The maximum atomic E-state index is 4.34. The molecule has 1 heterocycles. The van der Waals surface area contributed by atoms with Crippen LogP contribution in [-0.4, -0.2) is 25.1 Å². The van der Waals surface area contributed by atoms with Crippen LogP contribution in [-0.2, 0) is 6.42 Å². The van der Waals surface area contributed by atoms with E-state index < -0.39 is 0 Å². The van der Waals surface area contributed by atoms with Gasteiger partial charge >= 0.3 is 0 Å². The first kappa shape index (κ1) is 14.4. The van der Waals surface area contributed by atoms with Crippen LogP contribution < -0.4 is 10.2 Å². The third kappa shape index (κ3) is 4.26. The lowest BCUT2D eigenvalue weighted by Crippen LogP contribution is -2.20. The van der Waals surface area contributed by atoms with E-state index in [4.69, 9.17) is 0 Å². The minimum Gasteiger partial charge on any atom is -0.374 e. The van der Waals surface area contributed by atoms with E-state index in [-0.39, 0.29) is 0 Å². The van der Waals surface area contributed by atoms with Crippen LogP contribution in [0.5, 0.6) is 0 Å². The van der Waals surface area contributed by atoms with Gasteiger partial charge in [0.15, 0.2) is 0 Å². The zero-order chi connectivity index (χ0) is 14.2. The van der Waals surface area contributed by atoms with E-state index in [1.165, 1.54) is 11.3 Å². The largest absolute Gasteiger partial charge is 0.374 e. The molecule has 0 saturated heterocycles. The molecule has 0 aliphatic rings. The molecular weight excluding hydrogens is 246 g/mol. The topological polar surface area (TPSA) is 28.2 Å². The number of rotatable bonds is 7. The van der Waals surface area contributed by atoms with Gasteiger partial charge in [-0.1, -0.05) is 37.3 Å². The molecule has 106 valence electrons. The van der Waals surface area contributed by atoms with Crippen LogP contribution in [0.25, 0.3) is 0 Å². The minimum absolute atomic E-state index is 0.955. The number of nitrogens with one attached hydrogen (secondary N) is 1. The van der Waals surface area contributed by atoms with Crippen LogP contribution >= 0.6 is 0 Å². The standard InChI is InChI=1S/C17H23N3/c1-3-11-18-17-14-16(9-12-19-17)20(2)13-10-15-7-5-4-6-8-15/h4-9,12,14H,3,10-11,13H2,1-2H3,(H,18,19). The van der Waals surface area contributed by atoms with Crippen molar-refractivity contribution in [2.45, 2.75) is 19.8 Å². The van der Waals surface area contributed by atoms with E-state index >= 15 is 0 Å². The minimum atomic E-state index is 0.955. The second-order valence-corrected chi connectivity index (χ2v) is 4.98. The van der Waals surface area contributed by atoms with E-state index in [9.17, 15) is 0 Å². The zero-order valence-electron chi connectivity index (χ0n) is 12.3. The lowest BCUT2D eigenvalue weighted by molar-refractivity contribution is 0.875. The Bertz CT molecular complexity index is 511. The SMILES string of the molecule is CCCNc1cc(N(C)CCc2ccccc2)ccn1. The van der Waals surface area contributed by atoms with Crippen molar-refractivity contribution in [2.75, 3.05) is 30.4 Å². The quantitative estimate of drug-likeness (QED) is 0.832. The summed E-state index contributed by atoms with van der Waals surface area (Å²) >= 11 is 0. The molecule has 0 amide bonds. The van der Waals surface area contributed by atoms with Gasteiger partial charge in [-0.2, -0.15) is 0 Å². The first-order valence-electron chi connectivity index (χ1n) is 7.24.